The van der Waals surface area contributed by atoms with Gasteiger partial charge in [-0.05, 0) is 18.9 Å². The first-order valence-corrected chi connectivity index (χ1v) is 7.28. The van der Waals surface area contributed by atoms with Gasteiger partial charge in [0.15, 0.2) is 0 Å². The topological polar surface area (TPSA) is 76.5 Å². The van der Waals surface area contributed by atoms with Crippen molar-refractivity contribution in [2.75, 3.05) is 32.9 Å². The van der Waals surface area contributed by atoms with E-state index in [1.54, 1.807) is 0 Å². The highest BCUT2D eigenvalue weighted by molar-refractivity contribution is 6.99. The molecule has 1 heterocycles. The molecule has 110 valence electrons. The summed E-state index contributed by atoms with van der Waals surface area (Å²) in [5, 5.41) is 12.8. The summed E-state index contributed by atoms with van der Waals surface area (Å²) in [7, 11) is 0. The van der Waals surface area contributed by atoms with Gasteiger partial charge in [-0.2, -0.15) is 4.37 Å². The van der Waals surface area contributed by atoms with Crippen LogP contribution in [0.1, 0.15) is 20.3 Å². The van der Waals surface area contributed by atoms with Gasteiger partial charge in [0.05, 0.1) is 11.7 Å². The van der Waals surface area contributed by atoms with Gasteiger partial charge >= 0.3 is 0 Å². The Morgan fingerprint density at radius 3 is 2.95 bits per heavy atom. The monoisotopic (exact) mass is 289 g/mol. The Balaban J connectivity index is 1.88. The Labute approximate surface area is 118 Å². The Morgan fingerprint density at radius 2 is 2.26 bits per heavy atom. The molecular weight excluding hydrogens is 266 g/mol. The van der Waals surface area contributed by atoms with Crippen LogP contribution in [-0.2, 0) is 4.74 Å². The van der Waals surface area contributed by atoms with E-state index in [0.29, 0.717) is 18.3 Å². The summed E-state index contributed by atoms with van der Waals surface area (Å²) in [6.07, 6.45) is 1.94. The van der Waals surface area contributed by atoms with Crippen molar-refractivity contribution in [3.8, 4) is 5.88 Å². The van der Waals surface area contributed by atoms with Gasteiger partial charge in [0.1, 0.15) is 18.9 Å². The highest BCUT2D eigenvalue weighted by Crippen LogP contribution is 2.04. The van der Waals surface area contributed by atoms with Gasteiger partial charge in [-0.15, -0.1) is 4.37 Å². The summed E-state index contributed by atoms with van der Waals surface area (Å²) in [6.45, 7) is 7.37. The molecule has 1 aromatic rings. The molecule has 0 saturated heterocycles. The zero-order valence-electron chi connectivity index (χ0n) is 11.5. The highest BCUT2D eigenvalue weighted by Gasteiger charge is 2.05. The summed E-state index contributed by atoms with van der Waals surface area (Å²) >= 11 is 1.09. The molecule has 1 rings (SSSR count). The van der Waals surface area contributed by atoms with Gasteiger partial charge in [-0.1, -0.05) is 13.8 Å². The third-order valence-electron chi connectivity index (χ3n) is 2.24. The van der Waals surface area contributed by atoms with Crippen LogP contribution in [0.25, 0.3) is 0 Å². The number of aliphatic hydroxyl groups is 1. The van der Waals surface area contributed by atoms with Crippen LogP contribution in [0.3, 0.4) is 0 Å². The number of ether oxygens (including phenoxy) is 2. The van der Waals surface area contributed by atoms with Crippen molar-refractivity contribution < 1.29 is 14.6 Å². The van der Waals surface area contributed by atoms with E-state index in [1.807, 2.05) is 0 Å². The van der Waals surface area contributed by atoms with Gasteiger partial charge < -0.3 is 19.9 Å². The molecule has 0 amide bonds. The zero-order chi connectivity index (χ0) is 13.9. The SMILES string of the molecule is CC(C)COCCCNCC(O)COc1cnsn1. The summed E-state index contributed by atoms with van der Waals surface area (Å²) < 4.78 is 18.4. The van der Waals surface area contributed by atoms with Crippen molar-refractivity contribution in [2.24, 2.45) is 5.92 Å². The largest absolute Gasteiger partial charge is 0.473 e. The molecule has 0 aromatic carbocycles. The molecule has 1 unspecified atom stereocenters. The molecule has 0 aliphatic heterocycles. The quantitative estimate of drug-likeness (QED) is 0.590. The minimum Gasteiger partial charge on any atom is -0.473 e. The fourth-order valence-corrected chi connectivity index (χ4v) is 1.71. The number of nitrogens with zero attached hydrogens (tertiary/aromatic N) is 2. The van der Waals surface area contributed by atoms with E-state index in [-0.39, 0.29) is 6.61 Å². The summed E-state index contributed by atoms with van der Waals surface area (Å²) in [5.41, 5.74) is 0. The lowest BCUT2D eigenvalue weighted by atomic mass is 10.2. The number of aliphatic hydroxyl groups excluding tert-OH is 1. The van der Waals surface area contributed by atoms with Crippen LogP contribution in [0, 0.1) is 5.92 Å². The first-order chi connectivity index (χ1) is 9.18. The van der Waals surface area contributed by atoms with Gasteiger partial charge in [-0.25, -0.2) is 0 Å². The van der Waals surface area contributed by atoms with Gasteiger partial charge in [0.2, 0.25) is 5.88 Å². The van der Waals surface area contributed by atoms with Crippen molar-refractivity contribution in [1.29, 1.82) is 0 Å². The molecule has 0 aliphatic rings. The lowest BCUT2D eigenvalue weighted by Gasteiger charge is -2.12. The molecule has 0 fully saturated rings. The van der Waals surface area contributed by atoms with Crippen molar-refractivity contribution in [2.45, 2.75) is 26.4 Å². The molecule has 19 heavy (non-hydrogen) atoms. The Morgan fingerprint density at radius 1 is 1.42 bits per heavy atom. The fourth-order valence-electron chi connectivity index (χ4n) is 1.35. The van der Waals surface area contributed by atoms with E-state index < -0.39 is 6.10 Å². The summed E-state index contributed by atoms with van der Waals surface area (Å²) in [6, 6.07) is 0. The first-order valence-electron chi connectivity index (χ1n) is 6.55. The molecule has 1 aromatic heterocycles. The molecule has 0 aliphatic carbocycles. The number of hydrogen-bond donors (Lipinski definition) is 2. The lowest BCUT2D eigenvalue weighted by molar-refractivity contribution is 0.0970. The minimum absolute atomic E-state index is 0.224. The van der Waals surface area contributed by atoms with E-state index in [0.717, 1.165) is 37.9 Å². The van der Waals surface area contributed by atoms with Crippen LogP contribution in [0.4, 0.5) is 0 Å². The normalized spacial score (nSPS) is 12.8. The van der Waals surface area contributed by atoms with Crippen LogP contribution in [0.5, 0.6) is 5.88 Å². The smallest absolute Gasteiger partial charge is 0.245 e. The number of rotatable bonds is 11. The standard InChI is InChI=1S/C12H23N3O3S/c1-10(2)8-17-5-3-4-13-6-11(16)9-18-12-7-14-19-15-12/h7,10-11,13,16H,3-6,8-9H2,1-2H3. The first kappa shape index (κ1) is 16.3. The van der Waals surface area contributed by atoms with Crippen LogP contribution < -0.4 is 10.1 Å². The van der Waals surface area contributed by atoms with E-state index in [1.165, 1.54) is 6.20 Å². The van der Waals surface area contributed by atoms with Gasteiger partial charge in [0, 0.05) is 19.8 Å². The molecule has 7 heteroatoms. The maximum atomic E-state index is 9.66. The molecule has 2 N–H and O–H groups in total. The molecule has 0 saturated carbocycles. The molecule has 0 spiro atoms. The number of aromatic nitrogens is 2. The third kappa shape index (κ3) is 8.88. The average molecular weight is 289 g/mol. The molecule has 0 bridgehead atoms. The van der Waals surface area contributed by atoms with Crippen LogP contribution in [0.2, 0.25) is 0 Å². The third-order valence-corrected chi connectivity index (χ3v) is 2.70. The second kappa shape index (κ2) is 10.1. The number of nitrogens with one attached hydrogen (secondary N) is 1. The predicted molar refractivity (Wildman–Crippen MR) is 74.6 cm³/mol. The molecular formula is C12H23N3O3S. The summed E-state index contributed by atoms with van der Waals surface area (Å²) in [4.78, 5) is 0. The maximum Gasteiger partial charge on any atom is 0.245 e. The maximum absolute atomic E-state index is 9.66. The average Bonchev–Trinajstić information content (AvgIpc) is 2.88. The highest BCUT2D eigenvalue weighted by atomic mass is 32.1. The molecule has 6 nitrogen and oxygen atoms in total. The molecule has 0 radical (unpaired) electrons. The molecule has 1 atom stereocenters. The zero-order valence-corrected chi connectivity index (χ0v) is 12.4. The number of hydrogen-bond acceptors (Lipinski definition) is 7. The predicted octanol–water partition coefficient (Wildman–Crippen LogP) is 0.930. The Hall–Kier alpha value is -0.760. The fraction of sp³-hybridized carbons (Fsp3) is 0.833. The van der Waals surface area contributed by atoms with E-state index >= 15 is 0 Å². The minimum atomic E-state index is -0.543. The van der Waals surface area contributed by atoms with Crippen molar-refractivity contribution in [3.63, 3.8) is 0 Å². The van der Waals surface area contributed by atoms with E-state index in [2.05, 4.69) is 27.9 Å². The van der Waals surface area contributed by atoms with Crippen molar-refractivity contribution in [1.82, 2.24) is 14.1 Å². The second-order valence-corrected chi connectivity index (χ2v) is 5.29. The van der Waals surface area contributed by atoms with Crippen LogP contribution >= 0.6 is 11.7 Å². The lowest BCUT2D eigenvalue weighted by Crippen LogP contribution is -2.32. The van der Waals surface area contributed by atoms with Crippen LogP contribution in [0.15, 0.2) is 6.20 Å². The van der Waals surface area contributed by atoms with Gasteiger partial charge in [0.25, 0.3) is 0 Å². The second-order valence-electron chi connectivity index (χ2n) is 4.74. The Bertz CT molecular complexity index is 309. The van der Waals surface area contributed by atoms with E-state index in [4.69, 9.17) is 9.47 Å². The van der Waals surface area contributed by atoms with E-state index in [9.17, 15) is 5.11 Å². The van der Waals surface area contributed by atoms with Crippen LogP contribution in [-0.4, -0.2) is 52.9 Å². The summed E-state index contributed by atoms with van der Waals surface area (Å²) in [5.74, 6) is 1.04. The van der Waals surface area contributed by atoms with Crippen molar-refractivity contribution in [3.05, 3.63) is 6.20 Å². The van der Waals surface area contributed by atoms with Crippen molar-refractivity contribution >= 4 is 11.7 Å². The van der Waals surface area contributed by atoms with Gasteiger partial charge in [-0.3, -0.25) is 0 Å². The Kier molecular flexibility index (Phi) is 8.64.